The van der Waals surface area contributed by atoms with Gasteiger partial charge in [0.1, 0.15) is 12.2 Å². The van der Waals surface area contributed by atoms with Gasteiger partial charge in [-0.25, -0.2) is 0 Å². The monoisotopic (exact) mass is 251 g/mol. The number of aromatic nitrogens is 4. The van der Waals surface area contributed by atoms with Crippen LogP contribution in [-0.4, -0.2) is 26.3 Å². The van der Waals surface area contributed by atoms with E-state index >= 15 is 0 Å². The minimum Gasteiger partial charge on any atom is -0.321 e. The highest BCUT2D eigenvalue weighted by molar-refractivity contribution is 6.31. The summed E-state index contributed by atoms with van der Waals surface area (Å²) < 4.78 is 1.92. The fraction of sp³-hybridized carbons (Fsp3) is 0.364. The molecule has 17 heavy (non-hydrogen) atoms. The van der Waals surface area contributed by atoms with Gasteiger partial charge in [-0.15, -0.1) is 10.2 Å². The van der Waals surface area contributed by atoms with E-state index in [0.717, 1.165) is 30.9 Å². The third-order valence-corrected chi connectivity index (χ3v) is 2.84. The molecule has 0 aliphatic heterocycles. The van der Waals surface area contributed by atoms with Crippen molar-refractivity contribution < 1.29 is 0 Å². The Kier molecular flexibility index (Phi) is 4.06. The van der Waals surface area contributed by atoms with Gasteiger partial charge < -0.3 is 9.88 Å². The van der Waals surface area contributed by atoms with E-state index in [-0.39, 0.29) is 0 Å². The number of nitrogens with one attached hydrogen (secondary N) is 1. The molecule has 1 N–H and O–H groups in total. The number of pyridine rings is 1. The van der Waals surface area contributed by atoms with Gasteiger partial charge in [0.2, 0.25) is 0 Å². The Balaban J connectivity index is 1.77. The Labute approximate surface area is 105 Å². The van der Waals surface area contributed by atoms with Gasteiger partial charge in [0.25, 0.3) is 0 Å². The van der Waals surface area contributed by atoms with Crippen LogP contribution in [-0.2, 0) is 20.0 Å². The Hall–Kier alpha value is -1.46. The number of hydrogen-bond acceptors (Lipinski definition) is 4. The molecular weight excluding hydrogens is 238 g/mol. The van der Waals surface area contributed by atoms with Crippen molar-refractivity contribution in [1.82, 2.24) is 25.1 Å². The molecule has 2 aromatic rings. The minimum atomic E-state index is 0.693. The number of nitrogens with zero attached hydrogens (tertiary/aromatic N) is 4. The summed E-state index contributed by atoms with van der Waals surface area (Å²) in [5.74, 6) is 0.971. The molecular formula is C11H14ClN5. The normalized spacial score (nSPS) is 10.7. The largest absolute Gasteiger partial charge is 0.321 e. The van der Waals surface area contributed by atoms with Crippen LogP contribution >= 0.6 is 11.6 Å². The lowest BCUT2D eigenvalue weighted by atomic mass is 10.2. The zero-order chi connectivity index (χ0) is 12.1. The summed E-state index contributed by atoms with van der Waals surface area (Å²) in [6.45, 7) is 1.57. The highest BCUT2D eigenvalue weighted by atomic mass is 35.5. The molecule has 0 bridgehead atoms. The van der Waals surface area contributed by atoms with Crippen LogP contribution in [0.2, 0.25) is 5.02 Å². The van der Waals surface area contributed by atoms with Gasteiger partial charge in [-0.3, -0.25) is 4.98 Å². The van der Waals surface area contributed by atoms with Crippen LogP contribution in [0.4, 0.5) is 0 Å². The van der Waals surface area contributed by atoms with Crippen LogP contribution in [0.15, 0.2) is 24.8 Å². The number of rotatable bonds is 5. The summed E-state index contributed by atoms with van der Waals surface area (Å²) in [6.07, 6.45) is 5.95. The van der Waals surface area contributed by atoms with E-state index in [1.54, 1.807) is 18.7 Å². The van der Waals surface area contributed by atoms with Crippen LogP contribution in [0.3, 0.4) is 0 Å². The predicted molar refractivity (Wildman–Crippen MR) is 65.7 cm³/mol. The molecule has 0 aliphatic rings. The molecule has 0 saturated carbocycles. The Morgan fingerprint density at radius 2 is 2.35 bits per heavy atom. The molecule has 0 aromatic carbocycles. The Bertz CT molecular complexity index is 482. The van der Waals surface area contributed by atoms with Gasteiger partial charge >= 0.3 is 0 Å². The minimum absolute atomic E-state index is 0.693. The van der Waals surface area contributed by atoms with Gasteiger partial charge in [0, 0.05) is 39.0 Å². The zero-order valence-electron chi connectivity index (χ0n) is 9.60. The first kappa shape index (κ1) is 12.0. The van der Waals surface area contributed by atoms with Crippen molar-refractivity contribution in [2.45, 2.75) is 13.0 Å². The molecule has 6 heteroatoms. The third kappa shape index (κ3) is 3.25. The van der Waals surface area contributed by atoms with E-state index in [1.807, 2.05) is 17.7 Å². The van der Waals surface area contributed by atoms with Crippen LogP contribution in [0.25, 0.3) is 0 Å². The lowest BCUT2D eigenvalue weighted by Gasteiger charge is -2.05. The first-order chi connectivity index (χ1) is 8.27. The molecule has 5 nitrogen and oxygen atoms in total. The first-order valence-corrected chi connectivity index (χ1v) is 5.77. The number of hydrogen-bond donors (Lipinski definition) is 1. The maximum Gasteiger partial charge on any atom is 0.133 e. The average molecular weight is 252 g/mol. The average Bonchev–Trinajstić information content (AvgIpc) is 2.73. The van der Waals surface area contributed by atoms with Crippen molar-refractivity contribution in [3.8, 4) is 0 Å². The summed E-state index contributed by atoms with van der Waals surface area (Å²) in [6, 6.07) is 1.91. The van der Waals surface area contributed by atoms with Crippen molar-refractivity contribution in [1.29, 1.82) is 0 Å². The molecule has 0 spiro atoms. The van der Waals surface area contributed by atoms with Gasteiger partial charge in [0.15, 0.2) is 0 Å². The maximum absolute atomic E-state index is 6.00. The molecule has 0 atom stereocenters. The molecule has 0 radical (unpaired) electrons. The van der Waals surface area contributed by atoms with Crippen molar-refractivity contribution in [3.05, 3.63) is 41.2 Å². The molecule has 0 aliphatic carbocycles. The molecule has 0 unspecified atom stereocenters. The summed E-state index contributed by atoms with van der Waals surface area (Å²) >= 11 is 6.00. The molecule has 2 heterocycles. The molecule has 2 aromatic heterocycles. The van der Waals surface area contributed by atoms with Gasteiger partial charge in [-0.1, -0.05) is 11.6 Å². The summed E-state index contributed by atoms with van der Waals surface area (Å²) in [4.78, 5) is 3.94. The molecule has 0 fully saturated rings. The highest BCUT2D eigenvalue weighted by Gasteiger charge is 2.01. The zero-order valence-corrected chi connectivity index (χ0v) is 10.4. The molecule has 0 amide bonds. The van der Waals surface area contributed by atoms with Crippen molar-refractivity contribution in [3.63, 3.8) is 0 Å². The van der Waals surface area contributed by atoms with Gasteiger partial charge in [-0.2, -0.15) is 0 Å². The maximum atomic E-state index is 6.00. The fourth-order valence-corrected chi connectivity index (χ4v) is 1.69. The van der Waals surface area contributed by atoms with Crippen LogP contribution in [0.5, 0.6) is 0 Å². The number of aryl methyl sites for hydroxylation is 1. The van der Waals surface area contributed by atoms with Crippen molar-refractivity contribution in [2.24, 2.45) is 7.05 Å². The SMILES string of the molecule is Cn1cnnc1CCNCc1ccncc1Cl. The molecule has 0 saturated heterocycles. The second kappa shape index (κ2) is 5.75. The quantitative estimate of drug-likeness (QED) is 0.812. The van der Waals surface area contributed by atoms with E-state index in [1.165, 1.54) is 0 Å². The first-order valence-electron chi connectivity index (χ1n) is 5.39. The van der Waals surface area contributed by atoms with Gasteiger partial charge in [-0.05, 0) is 11.6 Å². The lowest BCUT2D eigenvalue weighted by molar-refractivity contribution is 0.653. The van der Waals surface area contributed by atoms with E-state index in [0.29, 0.717) is 5.02 Å². The Morgan fingerprint density at radius 3 is 3.06 bits per heavy atom. The smallest absolute Gasteiger partial charge is 0.133 e. The van der Waals surface area contributed by atoms with E-state index in [9.17, 15) is 0 Å². The second-order valence-electron chi connectivity index (χ2n) is 3.75. The fourth-order valence-electron chi connectivity index (χ4n) is 1.50. The summed E-state index contributed by atoms with van der Waals surface area (Å²) in [5, 5.41) is 11.9. The van der Waals surface area contributed by atoms with Crippen LogP contribution in [0, 0.1) is 0 Å². The number of halogens is 1. The van der Waals surface area contributed by atoms with Crippen LogP contribution < -0.4 is 5.32 Å². The van der Waals surface area contributed by atoms with Crippen LogP contribution in [0.1, 0.15) is 11.4 Å². The van der Waals surface area contributed by atoms with Crippen molar-refractivity contribution >= 4 is 11.6 Å². The van der Waals surface area contributed by atoms with E-state index in [2.05, 4.69) is 20.5 Å². The Morgan fingerprint density at radius 1 is 1.47 bits per heavy atom. The summed E-state index contributed by atoms with van der Waals surface area (Å²) in [5.41, 5.74) is 1.06. The molecule has 2 rings (SSSR count). The lowest BCUT2D eigenvalue weighted by Crippen LogP contribution is -2.18. The predicted octanol–water partition coefficient (Wildman–Crippen LogP) is 1.20. The van der Waals surface area contributed by atoms with Crippen molar-refractivity contribution in [2.75, 3.05) is 6.54 Å². The summed E-state index contributed by atoms with van der Waals surface area (Å²) in [7, 11) is 1.94. The second-order valence-corrected chi connectivity index (χ2v) is 4.16. The standard InChI is InChI=1S/C11H14ClN5/c1-17-8-15-16-11(17)3-5-13-6-9-2-4-14-7-10(9)12/h2,4,7-8,13H,3,5-6H2,1H3. The van der Waals surface area contributed by atoms with Gasteiger partial charge in [0.05, 0.1) is 5.02 Å². The topological polar surface area (TPSA) is 55.6 Å². The van der Waals surface area contributed by atoms with E-state index < -0.39 is 0 Å². The molecule has 90 valence electrons. The van der Waals surface area contributed by atoms with E-state index in [4.69, 9.17) is 11.6 Å². The highest BCUT2D eigenvalue weighted by Crippen LogP contribution is 2.12. The third-order valence-electron chi connectivity index (χ3n) is 2.50.